The van der Waals surface area contributed by atoms with E-state index in [0.717, 1.165) is 12.2 Å². The fourth-order valence-corrected chi connectivity index (χ4v) is 3.01. The molecular formula is C25H28N2O4. The van der Waals surface area contributed by atoms with E-state index in [0.29, 0.717) is 35.7 Å². The predicted octanol–water partition coefficient (Wildman–Crippen LogP) is 5.42. The summed E-state index contributed by atoms with van der Waals surface area (Å²) in [7, 11) is 0. The molecule has 0 fully saturated rings. The Labute approximate surface area is 182 Å². The Bertz CT molecular complexity index is 948. The van der Waals surface area contributed by atoms with Gasteiger partial charge >= 0.3 is 0 Å². The van der Waals surface area contributed by atoms with Crippen LogP contribution in [0.3, 0.4) is 0 Å². The summed E-state index contributed by atoms with van der Waals surface area (Å²) < 4.78 is 10.9. The highest BCUT2D eigenvalue weighted by Crippen LogP contribution is 2.16. The summed E-state index contributed by atoms with van der Waals surface area (Å²) in [5.74, 6) is 1.02. The SMILES string of the molecule is CCCCCCOc1ccc(C(=O)Nc2ccc(C(=O)NCc3ccco3)cc2)cc1. The molecule has 1 aromatic heterocycles. The standard InChI is InChI=1S/C25H28N2O4/c1-2-3-4-5-16-30-22-14-10-20(11-15-22)25(29)27-21-12-8-19(9-13-21)24(28)26-18-23-7-6-17-31-23/h6-15,17H,2-5,16,18H2,1H3,(H,26,28)(H,27,29). The summed E-state index contributed by atoms with van der Waals surface area (Å²) >= 11 is 0. The maximum Gasteiger partial charge on any atom is 0.255 e. The third kappa shape index (κ3) is 7.03. The van der Waals surface area contributed by atoms with Crippen molar-refractivity contribution in [3.8, 4) is 5.75 Å². The second kappa shape index (κ2) is 11.6. The van der Waals surface area contributed by atoms with E-state index in [-0.39, 0.29) is 11.8 Å². The molecule has 0 saturated heterocycles. The van der Waals surface area contributed by atoms with Crippen molar-refractivity contribution in [1.82, 2.24) is 5.32 Å². The van der Waals surface area contributed by atoms with E-state index < -0.39 is 0 Å². The van der Waals surface area contributed by atoms with E-state index in [4.69, 9.17) is 9.15 Å². The number of benzene rings is 2. The Morgan fingerprint density at radius 2 is 1.58 bits per heavy atom. The van der Waals surface area contributed by atoms with Gasteiger partial charge in [-0.1, -0.05) is 26.2 Å². The Morgan fingerprint density at radius 3 is 2.26 bits per heavy atom. The first-order chi connectivity index (χ1) is 15.2. The number of nitrogens with one attached hydrogen (secondary N) is 2. The number of hydrogen-bond donors (Lipinski definition) is 2. The summed E-state index contributed by atoms with van der Waals surface area (Å²) in [5, 5.41) is 5.62. The van der Waals surface area contributed by atoms with E-state index in [1.165, 1.54) is 19.3 Å². The summed E-state index contributed by atoms with van der Waals surface area (Å²) in [6.07, 6.45) is 6.19. The van der Waals surface area contributed by atoms with Crippen LogP contribution in [0.4, 0.5) is 5.69 Å². The summed E-state index contributed by atoms with van der Waals surface area (Å²) in [4.78, 5) is 24.7. The molecule has 162 valence electrons. The minimum atomic E-state index is -0.218. The first-order valence-electron chi connectivity index (χ1n) is 10.6. The van der Waals surface area contributed by atoms with E-state index in [2.05, 4.69) is 17.6 Å². The van der Waals surface area contributed by atoms with Crippen LogP contribution in [0.25, 0.3) is 0 Å². The number of hydrogen-bond acceptors (Lipinski definition) is 4. The predicted molar refractivity (Wildman–Crippen MR) is 120 cm³/mol. The number of furan rings is 1. The Morgan fingerprint density at radius 1 is 0.871 bits per heavy atom. The van der Waals surface area contributed by atoms with E-state index in [9.17, 15) is 9.59 Å². The number of unbranched alkanes of at least 4 members (excludes halogenated alkanes) is 3. The molecule has 0 atom stereocenters. The molecule has 0 spiro atoms. The Balaban J connectivity index is 1.46. The van der Waals surface area contributed by atoms with Gasteiger partial charge in [0.05, 0.1) is 19.4 Å². The second-order valence-corrected chi connectivity index (χ2v) is 7.23. The lowest BCUT2D eigenvalue weighted by molar-refractivity contribution is 0.0947. The van der Waals surface area contributed by atoms with Gasteiger partial charge in [-0.25, -0.2) is 0 Å². The molecule has 2 aromatic carbocycles. The van der Waals surface area contributed by atoms with Crippen molar-refractivity contribution in [3.63, 3.8) is 0 Å². The van der Waals surface area contributed by atoms with Crippen molar-refractivity contribution < 1.29 is 18.7 Å². The number of amides is 2. The summed E-state index contributed by atoms with van der Waals surface area (Å²) in [6, 6.07) is 17.4. The summed E-state index contributed by atoms with van der Waals surface area (Å²) in [5.41, 5.74) is 1.66. The Hall–Kier alpha value is -3.54. The van der Waals surface area contributed by atoms with Gasteiger partial charge in [-0.15, -0.1) is 0 Å². The van der Waals surface area contributed by atoms with Crippen LogP contribution in [0.5, 0.6) is 5.75 Å². The van der Waals surface area contributed by atoms with Crippen LogP contribution in [0.1, 0.15) is 59.1 Å². The van der Waals surface area contributed by atoms with Gasteiger partial charge in [-0.05, 0) is 67.1 Å². The van der Waals surface area contributed by atoms with Crippen LogP contribution in [0.2, 0.25) is 0 Å². The molecule has 0 aliphatic rings. The van der Waals surface area contributed by atoms with Gasteiger partial charge in [-0.2, -0.15) is 0 Å². The molecule has 0 aliphatic carbocycles. The van der Waals surface area contributed by atoms with E-state index in [1.807, 2.05) is 0 Å². The molecule has 0 unspecified atom stereocenters. The molecule has 0 bridgehead atoms. The third-order valence-corrected chi connectivity index (χ3v) is 4.79. The summed E-state index contributed by atoms with van der Waals surface area (Å²) in [6.45, 7) is 3.19. The van der Waals surface area contributed by atoms with Gasteiger partial charge in [-0.3, -0.25) is 9.59 Å². The fraction of sp³-hybridized carbons (Fsp3) is 0.280. The largest absolute Gasteiger partial charge is 0.494 e. The van der Waals surface area contributed by atoms with Crippen LogP contribution in [0, 0.1) is 0 Å². The van der Waals surface area contributed by atoms with Gasteiger partial charge in [0.1, 0.15) is 11.5 Å². The van der Waals surface area contributed by atoms with Crippen LogP contribution in [-0.2, 0) is 6.54 Å². The molecule has 1 heterocycles. The molecule has 2 amide bonds. The van der Waals surface area contributed by atoms with Gasteiger partial charge in [0.25, 0.3) is 11.8 Å². The number of rotatable bonds is 11. The van der Waals surface area contributed by atoms with Crippen molar-refractivity contribution in [1.29, 1.82) is 0 Å². The van der Waals surface area contributed by atoms with Crippen molar-refractivity contribution in [2.45, 2.75) is 39.2 Å². The Kier molecular flexibility index (Phi) is 8.29. The molecule has 6 nitrogen and oxygen atoms in total. The lowest BCUT2D eigenvalue weighted by atomic mass is 10.1. The molecule has 0 aliphatic heterocycles. The van der Waals surface area contributed by atoms with E-state index in [1.54, 1.807) is 66.9 Å². The topological polar surface area (TPSA) is 80.6 Å². The molecular weight excluding hydrogens is 392 g/mol. The van der Waals surface area contributed by atoms with Crippen molar-refractivity contribution in [2.75, 3.05) is 11.9 Å². The maximum absolute atomic E-state index is 12.5. The van der Waals surface area contributed by atoms with Gasteiger partial charge < -0.3 is 19.8 Å². The highest BCUT2D eigenvalue weighted by atomic mass is 16.5. The van der Waals surface area contributed by atoms with Crippen molar-refractivity contribution in [2.24, 2.45) is 0 Å². The minimum Gasteiger partial charge on any atom is -0.494 e. The van der Waals surface area contributed by atoms with Crippen molar-refractivity contribution >= 4 is 17.5 Å². The molecule has 3 aromatic rings. The molecule has 6 heteroatoms. The minimum absolute atomic E-state index is 0.209. The number of anilines is 1. The van der Waals surface area contributed by atoms with Crippen LogP contribution < -0.4 is 15.4 Å². The number of carbonyl (C=O) groups is 2. The van der Waals surface area contributed by atoms with Crippen molar-refractivity contribution in [3.05, 3.63) is 83.8 Å². The lowest BCUT2D eigenvalue weighted by Gasteiger charge is -2.09. The van der Waals surface area contributed by atoms with Gasteiger partial charge in [0.15, 0.2) is 0 Å². The maximum atomic E-state index is 12.5. The zero-order chi connectivity index (χ0) is 21.9. The van der Waals surface area contributed by atoms with Crippen LogP contribution in [0.15, 0.2) is 71.3 Å². The fourth-order valence-electron chi connectivity index (χ4n) is 3.01. The normalized spacial score (nSPS) is 10.5. The first kappa shape index (κ1) is 22.2. The van der Waals surface area contributed by atoms with Gasteiger partial charge in [0, 0.05) is 16.8 Å². The second-order valence-electron chi connectivity index (χ2n) is 7.23. The number of ether oxygens (including phenoxy) is 1. The zero-order valence-electron chi connectivity index (χ0n) is 17.7. The number of carbonyl (C=O) groups excluding carboxylic acids is 2. The van der Waals surface area contributed by atoms with E-state index >= 15 is 0 Å². The monoisotopic (exact) mass is 420 g/mol. The highest BCUT2D eigenvalue weighted by Gasteiger charge is 2.09. The smallest absolute Gasteiger partial charge is 0.255 e. The molecule has 3 rings (SSSR count). The third-order valence-electron chi connectivity index (χ3n) is 4.79. The molecule has 31 heavy (non-hydrogen) atoms. The molecule has 0 radical (unpaired) electrons. The highest BCUT2D eigenvalue weighted by molar-refractivity contribution is 6.04. The molecule has 0 saturated carbocycles. The average molecular weight is 421 g/mol. The quantitative estimate of drug-likeness (QED) is 0.406. The molecule has 2 N–H and O–H groups in total. The van der Waals surface area contributed by atoms with Crippen LogP contribution >= 0.6 is 0 Å². The first-order valence-corrected chi connectivity index (χ1v) is 10.6. The lowest BCUT2D eigenvalue weighted by Crippen LogP contribution is -2.22. The zero-order valence-corrected chi connectivity index (χ0v) is 17.7. The van der Waals surface area contributed by atoms with Gasteiger partial charge in [0.2, 0.25) is 0 Å². The average Bonchev–Trinajstić information content (AvgIpc) is 3.32. The van der Waals surface area contributed by atoms with Crippen LogP contribution in [-0.4, -0.2) is 18.4 Å².